The molecule has 0 amide bonds. The van der Waals surface area contributed by atoms with Crippen LogP contribution < -0.4 is 0 Å². The van der Waals surface area contributed by atoms with E-state index in [9.17, 15) is 29.4 Å². The van der Waals surface area contributed by atoms with E-state index in [1.165, 1.54) is 0 Å². The Kier molecular flexibility index (Phi) is 4.60. The number of fused-ring (bicyclic) bond motifs is 5. The molecule has 3 saturated carbocycles. The summed E-state index contributed by atoms with van der Waals surface area (Å²) in [7, 11) is 0. The van der Waals surface area contributed by atoms with E-state index < -0.39 is 53.8 Å². The number of ether oxygens (including phenoxy) is 2. The molecular weight excluding hydrogens is 344 g/mol. The molecule has 0 aromatic rings. The number of carbonyl (C=O) groups excluding carboxylic acids is 2. The van der Waals surface area contributed by atoms with Crippen LogP contribution in [0.2, 0.25) is 0 Å². The van der Waals surface area contributed by atoms with E-state index in [2.05, 4.69) is 13.2 Å². The van der Waals surface area contributed by atoms with E-state index in [1.54, 1.807) is 0 Å². The van der Waals surface area contributed by atoms with Gasteiger partial charge in [0.05, 0.1) is 11.8 Å². The highest BCUT2D eigenvalue weighted by molar-refractivity contribution is 5.83. The van der Waals surface area contributed by atoms with Crippen molar-refractivity contribution in [2.24, 2.45) is 35.5 Å². The second-order valence-electron chi connectivity index (χ2n) is 7.05. The van der Waals surface area contributed by atoms with Gasteiger partial charge in [0, 0.05) is 18.1 Å². The minimum absolute atomic E-state index is 0.179. The Morgan fingerprint density at radius 1 is 0.808 bits per heavy atom. The van der Waals surface area contributed by atoms with Crippen LogP contribution in [0.1, 0.15) is 12.8 Å². The predicted octanol–water partition coefficient (Wildman–Crippen LogP) is 0.869. The van der Waals surface area contributed by atoms with Gasteiger partial charge >= 0.3 is 23.9 Å². The molecule has 3 rings (SSSR count). The first-order chi connectivity index (χ1) is 12.3. The lowest BCUT2D eigenvalue weighted by molar-refractivity contribution is -0.166. The van der Waals surface area contributed by atoms with Gasteiger partial charge in [-0.1, -0.05) is 13.2 Å². The second-order valence-corrected chi connectivity index (χ2v) is 7.05. The molecule has 140 valence electrons. The standard InChI is InChI=1S/C18H20O8/c1-3-11(19)25-10-6-8-7-5-9(13(8)16(10)26-12(20)4-2)15(18(23)24)14(7)17(21)22/h3-4,7-10,13-16H,1-2,5-6H2,(H,21,22)(H,23,24). The van der Waals surface area contributed by atoms with Crippen molar-refractivity contribution in [1.82, 2.24) is 0 Å². The lowest BCUT2D eigenvalue weighted by Gasteiger charge is -2.35. The fraction of sp³-hybridized carbons (Fsp3) is 0.556. The van der Waals surface area contributed by atoms with Crippen molar-refractivity contribution < 1.29 is 38.9 Å². The average Bonchev–Trinajstić information content (AvgIpc) is 3.24. The summed E-state index contributed by atoms with van der Waals surface area (Å²) in [6.07, 6.45) is 1.19. The van der Waals surface area contributed by atoms with Crippen molar-refractivity contribution in [3.8, 4) is 0 Å². The Bertz CT molecular complexity index is 683. The molecule has 2 N–H and O–H groups in total. The number of carboxylic acids is 2. The second kappa shape index (κ2) is 6.59. The van der Waals surface area contributed by atoms with Crippen LogP contribution in [0.5, 0.6) is 0 Å². The number of esters is 2. The minimum Gasteiger partial charge on any atom is -0.481 e. The molecule has 26 heavy (non-hydrogen) atoms. The first-order valence-corrected chi connectivity index (χ1v) is 8.41. The SMILES string of the molecule is C=CC(=O)OC1CC2C3CC(C(C(=O)O)C3C(=O)O)C2C1OC(=O)C=C. The van der Waals surface area contributed by atoms with Gasteiger partial charge in [-0.05, 0) is 30.6 Å². The van der Waals surface area contributed by atoms with Crippen LogP contribution in [0.15, 0.2) is 25.3 Å². The molecule has 3 fully saturated rings. The Morgan fingerprint density at radius 2 is 1.35 bits per heavy atom. The first kappa shape index (κ1) is 18.2. The zero-order valence-corrected chi connectivity index (χ0v) is 13.9. The molecule has 0 spiro atoms. The Balaban J connectivity index is 1.93. The summed E-state index contributed by atoms with van der Waals surface area (Å²) in [4.78, 5) is 46.7. The molecule has 2 bridgehead atoms. The Labute approximate surface area is 149 Å². The number of carbonyl (C=O) groups is 4. The monoisotopic (exact) mass is 364 g/mol. The molecule has 3 aliphatic rings. The van der Waals surface area contributed by atoms with Crippen LogP contribution in [0.4, 0.5) is 0 Å². The average molecular weight is 364 g/mol. The van der Waals surface area contributed by atoms with Crippen LogP contribution >= 0.6 is 0 Å². The van der Waals surface area contributed by atoms with E-state index in [4.69, 9.17) is 9.47 Å². The number of rotatable bonds is 6. The highest BCUT2D eigenvalue weighted by atomic mass is 16.6. The van der Waals surface area contributed by atoms with Gasteiger partial charge in [-0.3, -0.25) is 9.59 Å². The molecule has 0 aromatic heterocycles. The van der Waals surface area contributed by atoms with Crippen molar-refractivity contribution in [1.29, 1.82) is 0 Å². The smallest absolute Gasteiger partial charge is 0.330 e. The van der Waals surface area contributed by atoms with Crippen molar-refractivity contribution in [2.75, 3.05) is 0 Å². The summed E-state index contributed by atoms with van der Waals surface area (Å²) in [6, 6.07) is 0. The molecule has 0 saturated heterocycles. The summed E-state index contributed by atoms with van der Waals surface area (Å²) in [5.41, 5.74) is 0. The number of carboxylic acid groups (broad SMARTS) is 2. The van der Waals surface area contributed by atoms with E-state index >= 15 is 0 Å². The number of aliphatic carboxylic acids is 2. The molecule has 8 heteroatoms. The topological polar surface area (TPSA) is 127 Å². The molecule has 0 radical (unpaired) electrons. The van der Waals surface area contributed by atoms with Crippen LogP contribution in [0.3, 0.4) is 0 Å². The summed E-state index contributed by atoms with van der Waals surface area (Å²) in [5.74, 6) is -7.02. The van der Waals surface area contributed by atoms with E-state index in [0.717, 1.165) is 12.2 Å². The van der Waals surface area contributed by atoms with Gasteiger partial charge in [-0.15, -0.1) is 0 Å². The van der Waals surface area contributed by atoms with Crippen molar-refractivity contribution in [3.63, 3.8) is 0 Å². The normalized spacial score (nSPS) is 39.7. The van der Waals surface area contributed by atoms with E-state index in [0.29, 0.717) is 12.8 Å². The maximum absolute atomic E-state index is 11.7. The zero-order chi connectivity index (χ0) is 19.2. The molecular formula is C18H20O8. The zero-order valence-electron chi connectivity index (χ0n) is 13.9. The summed E-state index contributed by atoms with van der Waals surface area (Å²) >= 11 is 0. The predicted molar refractivity (Wildman–Crippen MR) is 85.6 cm³/mol. The highest BCUT2D eigenvalue weighted by Gasteiger charge is 2.68. The summed E-state index contributed by atoms with van der Waals surface area (Å²) < 4.78 is 10.7. The number of hydrogen-bond donors (Lipinski definition) is 2. The quantitative estimate of drug-likeness (QED) is 0.525. The lowest BCUT2D eigenvalue weighted by atomic mass is 9.69. The first-order valence-electron chi connectivity index (χ1n) is 8.41. The molecule has 8 atom stereocenters. The maximum atomic E-state index is 11.7. The van der Waals surface area contributed by atoms with Crippen LogP contribution in [-0.2, 0) is 28.7 Å². The van der Waals surface area contributed by atoms with E-state index in [-0.39, 0.29) is 17.8 Å². The largest absolute Gasteiger partial charge is 0.481 e. The molecule has 8 nitrogen and oxygen atoms in total. The Morgan fingerprint density at radius 3 is 1.88 bits per heavy atom. The minimum atomic E-state index is -1.16. The van der Waals surface area contributed by atoms with Gasteiger partial charge in [0.2, 0.25) is 0 Å². The van der Waals surface area contributed by atoms with E-state index in [1.807, 2.05) is 0 Å². The third-order valence-electron chi connectivity index (χ3n) is 6.07. The van der Waals surface area contributed by atoms with Gasteiger partial charge in [0.15, 0.2) is 0 Å². The van der Waals surface area contributed by atoms with Crippen molar-refractivity contribution in [3.05, 3.63) is 25.3 Å². The van der Waals surface area contributed by atoms with Crippen LogP contribution in [0.25, 0.3) is 0 Å². The lowest BCUT2D eigenvalue weighted by Crippen LogP contribution is -2.44. The highest BCUT2D eigenvalue weighted by Crippen LogP contribution is 2.64. The fourth-order valence-corrected chi connectivity index (χ4v) is 5.37. The van der Waals surface area contributed by atoms with Gasteiger partial charge < -0.3 is 19.7 Å². The van der Waals surface area contributed by atoms with Gasteiger partial charge in [0.1, 0.15) is 12.2 Å². The Hall–Kier alpha value is -2.64. The summed E-state index contributed by atoms with van der Waals surface area (Å²) in [6.45, 7) is 6.68. The molecule has 8 unspecified atom stereocenters. The van der Waals surface area contributed by atoms with Crippen LogP contribution in [0, 0.1) is 35.5 Å². The third-order valence-corrected chi connectivity index (χ3v) is 6.07. The molecule has 0 heterocycles. The van der Waals surface area contributed by atoms with Gasteiger partial charge in [0.25, 0.3) is 0 Å². The fourth-order valence-electron chi connectivity index (χ4n) is 5.37. The molecule has 0 aromatic carbocycles. The van der Waals surface area contributed by atoms with Crippen molar-refractivity contribution in [2.45, 2.75) is 25.0 Å². The van der Waals surface area contributed by atoms with Gasteiger partial charge in [-0.25, -0.2) is 9.59 Å². The summed E-state index contributed by atoms with van der Waals surface area (Å²) in [5, 5.41) is 19.1. The molecule has 0 aliphatic heterocycles. The molecule has 3 aliphatic carbocycles. The maximum Gasteiger partial charge on any atom is 0.330 e. The third kappa shape index (κ3) is 2.69. The number of hydrogen-bond acceptors (Lipinski definition) is 6. The van der Waals surface area contributed by atoms with Crippen LogP contribution in [-0.4, -0.2) is 46.3 Å². The van der Waals surface area contributed by atoms with Gasteiger partial charge in [-0.2, -0.15) is 0 Å². The van der Waals surface area contributed by atoms with Crippen molar-refractivity contribution >= 4 is 23.9 Å².